The van der Waals surface area contributed by atoms with E-state index >= 15 is 0 Å². The highest BCUT2D eigenvalue weighted by Crippen LogP contribution is 2.45. The van der Waals surface area contributed by atoms with Gasteiger partial charge < -0.3 is 33.8 Å². The fourth-order valence-corrected chi connectivity index (χ4v) is 14.1. The number of esters is 4. The minimum absolute atomic E-state index is 0.106. The zero-order chi connectivity index (χ0) is 73.7. The van der Waals surface area contributed by atoms with Crippen LogP contribution in [0.25, 0.3) is 0 Å². The Hall–Kier alpha value is -1.94. The molecule has 0 aliphatic heterocycles. The molecule has 0 aromatic carbocycles. The number of aliphatic hydroxyl groups excluding tert-OH is 1. The van der Waals surface area contributed by atoms with Gasteiger partial charge in [-0.25, -0.2) is 9.13 Å². The second kappa shape index (κ2) is 71.3. The molecule has 0 amide bonds. The molecular weight excluding hydrogens is 1310 g/mol. The van der Waals surface area contributed by atoms with E-state index in [1.165, 1.54) is 231 Å². The largest absolute Gasteiger partial charge is 0.472 e. The Morgan fingerprint density at radius 1 is 0.270 bits per heavy atom. The monoisotopic (exact) mass is 1470 g/mol. The van der Waals surface area contributed by atoms with E-state index in [4.69, 9.17) is 37.0 Å². The van der Waals surface area contributed by atoms with Crippen molar-refractivity contribution in [1.82, 2.24) is 0 Å². The summed E-state index contributed by atoms with van der Waals surface area (Å²) in [6.45, 7) is 12.0. The van der Waals surface area contributed by atoms with Crippen molar-refractivity contribution in [2.45, 2.75) is 439 Å². The SMILES string of the molecule is CCCCCCCCCCCCCC(=O)OC[C@H](COP(=O)(O)OC[C@H](O)COP(=O)(O)OC[C@@H](COC(=O)CCCCCCCCCCCCCCCCC(C)C)OC(=O)CCCCCCCCCCCCCCCCCCC(C)C)OC(=O)CCCCCCCCCCCCC(C)C. The predicted octanol–water partition coefficient (Wildman–Crippen LogP) is 24.1. The molecule has 0 bridgehead atoms. The molecule has 0 spiro atoms. The molecule has 0 saturated heterocycles. The normalized spacial score (nSPS) is 14.0. The van der Waals surface area contributed by atoms with Gasteiger partial charge in [-0.15, -0.1) is 0 Å². The Bertz CT molecular complexity index is 1940. The smallest absolute Gasteiger partial charge is 0.462 e. The van der Waals surface area contributed by atoms with Crippen LogP contribution in [0.5, 0.6) is 0 Å². The summed E-state index contributed by atoms with van der Waals surface area (Å²) in [4.78, 5) is 73.0. The van der Waals surface area contributed by atoms with E-state index in [1.54, 1.807) is 0 Å². The molecule has 0 saturated carbocycles. The minimum Gasteiger partial charge on any atom is -0.462 e. The molecule has 17 nitrogen and oxygen atoms in total. The molecule has 0 radical (unpaired) electrons. The fourth-order valence-electron chi connectivity index (χ4n) is 12.5. The van der Waals surface area contributed by atoms with Gasteiger partial charge in [0.25, 0.3) is 0 Å². The Labute approximate surface area is 613 Å². The van der Waals surface area contributed by atoms with Crippen LogP contribution in [0.3, 0.4) is 0 Å². The van der Waals surface area contributed by atoms with Crippen molar-refractivity contribution in [2.24, 2.45) is 17.8 Å². The number of unbranched alkanes of at least 4 members (excludes halogenated alkanes) is 47. The Kier molecular flexibility index (Phi) is 69.9. The summed E-state index contributed by atoms with van der Waals surface area (Å²) in [6, 6.07) is 0. The van der Waals surface area contributed by atoms with Gasteiger partial charge in [-0.1, -0.05) is 370 Å². The van der Waals surface area contributed by atoms with Crippen LogP contribution in [-0.4, -0.2) is 96.7 Å². The van der Waals surface area contributed by atoms with Crippen LogP contribution in [-0.2, 0) is 65.4 Å². The number of rotatable bonds is 79. The first-order chi connectivity index (χ1) is 48.2. The quantitative estimate of drug-likeness (QED) is 0.0222. The molecule has 0 rings (SSSR count). The van der Waals surface area contributed by atoms with Crippen molar-refractivity contribution in [2.75, 3.05) is 39.6 Å². The standard InChI is InChI=1S/C81H158O17P2/c1-8-9-10-11-12-13-24-34-41-48-55-62-78(83)91-68-77(98-81(86)65-58-51-44-37-30-29-33-40-47-54-61-74(6)7)71-96-100(89,90)94-67-75(82)66-93-99(87,88)95-70-76(69-92-79(84)63-56-49-42-35-27-22-19-18-21-26-32-39-46-53-60-73(4)5)97-80(85)64-57-50-43-36-28-23-17-15-14-16-20-25-31-38-45-52-59-72(2)3/h72-77,82H,8-71H2,1-7H3,(H,87,88)(H,89,90)/t75-,76-,77-/m1/s1. The number of hydrogen-bond acceptors (Lipinski definition) is 15. The Morgan fingerprint density at radius 2 is 0.460 bits per heavy atom. The highest BCUT2D eigenvalue weighted by atomic mass is 31.2. The van der Waals surface area contributed by atoms with E-state index in [2.05, 4.69) is 48.5 Å². The molecule has 0 aromatic heterocycles. The average Bonchev–Trinajstić information content (AvgIpc) is 0.971. The molecule has 0 heterocycles. The molecule has 100 heavy (non-hydrogen) atoms. The highest BCUT2D eigenvalue weighted by molar-refractivity contribution is 7.47. The van der Waals surface area contributed by atoms with E-state index in [-0.39, 0.29) is 25.7 Å². The maximum atomic E-state index is 13.1. The molecule has 19 heteroatoms. The van der Waals surface area contributed by atoms with Crippen LogP contribution < -0.4 is 0 Å². The lowest BCUT2D eigenvalue weighted by molar-refractivity contribution is -0.161. The van der Waals surface area contributed by atoms with E-state index < -0.39 is 97.5 Å². The lowest BCUT2D eigenvalue weighted by atomic mass is 10.0. The number of hydrogen-bond donors (Lipinski definition) is 3. The third-order valence-corrected chi connectivity index (χ3v) is 20.8. The lowest BCUT2D eigenvalue weighted by Crippen LogP contribution is -2.30. The number of aliphatic hydroxyl groups is 1. The van der Waals surface area contributed by atoms with Gasteiger partial charge in [0.05, 0.1) is 26.4 Å². The van der Waals surface area contributed by atoms with Gasteiger partial charge in [-0.05, 0) is 43.4 Å². The number of carbonyl (C=O) groups excluding carboxylic acids is 4. The van der Waals surface area contributed by atoms with Crippen molar-refractivity contribution in [1.29, 1.82) is 0 Å². The second-order valence-corrected chi connectivity index (χ2v) is 33.5. The van der Waals surface area contributed by atoms with Crippen LogP contribution in [0.15, 0.2) is 0 Å². The molecule has 594 valence electrons. The Balaban J connectivity index is 5.25. The molecule has 2 unspecified atom stereocenters. The van der Waals surface area contributed by atoms with Crippen molar-refractivity contribution in [3.8, 4) is 0 Å². The van der Waals surface area contributed by atoms with Crippen LogP contribution >= 0.6 is 15.6 Å². The molecule has 0 fully saturated rings. The van der Waals surface area contributed by atoms with Crippen molar-refractivity contribution >= 4 is 39.5 Å². The zero-order valence-electron chi connectivity index (χ0n) is 65.7. The van der Waals surface area contributed by atoms with Crippen molar-refractivity contribution < 1.29 is 80.2 Å². The fraction of sp³-hybridized carbons (Fsp3) is 0.951. The predicted molar refractivity (Wildman–Crippen MR) is 409 cm³/mol. The third kappa shape index (κ3) is 74.3. The van der Waals surface area contributed by atoms with Crippen LogP contribution in [0.4, 0.5) is 0 Å². The maximum Gasteiger partial charge on any atom is 0.472 e. The number of phosphoric acid groups is 2. The molecule has 0 aliphatic rings. The first-order valence-corrected chi connectivity index (χ1v) is 44.8. The van der Waals surface area contributed by atoms with Gasteiger partial charge in [0.2, 0.25) is 0 Å². The first-order valence-electron chi connectivity index (χ1n) is 41.8. The van der Waals surface area contributed by atoms with Gasteiger partial charge in [0, 0.05) is 25.7 Å². The number of ether oxygens (including phenoxy) is 4. The number of carbonyl (C=O) groups is 4. The van der Waals surface area contributed by atoms with Crippen molar-refractivity contribution in [3.05, 3.63) is 0 Å². The topological polar surface area (TPSA) is 237 Å². The Morgan fingerprint density at radius 3 is 0.680 bits per heavy atom. The third-order valence-electron chi connectivity index (χ3n) is 18.9. The van der Waals surface area contributed by atoms with Gasteiger partial charge in [-0.2, -0.15) is 0 Å². The molecule has 0 aromatic rings. The van der Waals surface area contributed by atoms with Crippen LogP contribution in [0.1, 0.15) is 421 Å². The zero-order valence-corrected chi connectivity index (χ0v) is 67.5. The average molecular weight is 1470 g/mol. The first kappa shape index (κ1) is 98.1. The van der Waals surface area contributed by atoms with Crippen LogP contribution in [0, 0.1) is 17.8 Å². The maximum absolute atomic E-state index is 13.1. The van der Waals surface area contributed by atoms with E-state index in [0.29, 0.717) is 25.7 Å². The summed E-state index contributed by atoms with van der Waals surface area (Å²) in [5, 5.41) is 10.6. The van der Waals surface area contributed by atoms with E-state index in [0.717, 1.165) is 108 Å². The van der Waals surface area contributed by atoms with Gasteiger partial charge in [-0.3, -0.25) is 37.3 Å². The van der Waals surface area contributed by atoms with Crippen LogP contribution in [0.2, 0.25) is 0 Å². The van der Waals surface area contributed by atoms with Crippen molar-refractivity contribution in [3.63, 3.8) is 0 Å². The van der Waals surface area contributed by atoms with Gasteiger partial charge in [0.1, 0.15) is 19.3 Å². The summed E-state index contributed by atoms with van der Waals surface area (Å²) >= 11 is 0. The molecule has 3 N–H and O–H groups in total. The van der Waals surface area contributed by atoms with Gasteiger partial charge in [0.15, 0.2) is 12.2 Å². The summed E-state index contributed by atoms with van der Waals surface area (Å²) in [6.07, 6.45) is 59.6. The highest BCUT2D eigenvalue weighted by Gasteiger charge is 2.30. The molecule has 5 atom stereocenters. The molecule has 0 aliphatic carbocycles. The lowest BCUT2D eigenvalue weighted by Gasteiger charge is -2.21. The second-order valence-electron chi connectivity index (χ2n) is 30.6. The summed E-state index contributed by atoms with van der Waals surface area (Å²) in [5.74, 6) is 0.251. The van der Waals surface area contributed by atoms with Gasteiger partial charge >= 0.3 is 39.5 Å². The summed E-state index contributed by atoms with van der Waals surface area (Å²) in [7, 11) is -9.92. The van der Waals surface area contributed by atoms with E-state index in [1.807, 2.05) is 0 Å². The summed E-state index contributed by atoms with van der Waals surface area (Å²) < 4.78 is 68.7. The van der Waals surface area contributed by atoms with E-state index in [9.17, 15) is 43.2 Å². The minimum atomic E-state index is -4.96. The number of phosphoric ester groups is 2. The molecular formula is C81H158O17P2. The summed E-state index contributed by atoms with van der Waals surface area (Å²) in [5.41, 5.74) is 0.